The molecule has 0 spiro atoms. The van der Waals surface area contributed by atoms with E-state index in [0.717, 1.165) is 12.3 Å². The maximum Gasteiger partial charge on any atom is 0.280 e. The van der Waals surface area contributed by atoms with Gasteiger partial charge < -0.3 is 0 Å². The van der Waals surface area contributed by atoms with E-state index in [1.54, 1.807) is 6.92 Å². The first kappa shape index (κ1) is 14.0. The van der Waals surface area contributed by atoms with Gasteiger partial charge in [-0.15, -0.1) is 0 Å². The van der Waals surface area contributed by atoms with Crippen molar-refractivity contribution in [3.8, 4) is 0 Å². The van der Waals surface area contributed by atoms with Crippen molar-refractivity contribution in [3.63, 3.8) is 0 Å². The summed E-state index contributed by atoms with van der Waals surface area (Å²) in [6.45, 7) is 1.73. The summed E-state index contributed by atoms with van der Waals surface area (Å²) in [5.41, 5.74) is 0.116. The van der Waals surface area contributed by atoms with Gasteiger partial charge in [-0.1, -0.05) is 13.0 Å². The third-order valence-electron chi connectivity index (χ3n) is 2.07. The van der Waals surface area contributed by atoms with Crippen LogP contribution in [0.15, 0.2) is 18.3 Å². The summed E-state index contributed by atoms with van der Waals surface area (Å²) in [5, 5.41) is 0. The Labute approximate surface area is 98.8 Å². The smallest absolute Gasteiger partial charge is 0.262 e. The van der Waals surface area contributed by atoms with Crippen molar-refractivity contribution in [1.29, 1.82) is 0 Å². The molecule has 0 aliphatic rings. The Kier molecular flexibility index (Phi) is 4.53. The molecule has 0 N–H and O–H groups in total. The van der Waals surface area contributed by atoms with Crippen LogP contribution < -0.4 is 0 Å². The van der Waals surface area contributed by atoms with E-state index in [-0.39, 0.29) is 5.69 Å². The van der Waals surface area contributed by atoms with Crippen molar-refractivity contribution in [2.75, 3.05) is 6.26 Å². The zero-order chi connectivity index (χ0) is 13.1. The van der Waals surface area contributed by atoms with E-state index in [4.69, 9.17) is 4.18 Å². The van der Waals surface area contributed by atoms with E-state index in [2.05, 4.69) is 4.98 Å². The van der Waals surface area contributed by atoms with Crippen LogP contribution in [0.25, 0.3) is 0 Å². The molecular formula is C10H13F2NO3S. The highest BCUT2D eigenvalue weighted by Crippen LogP contribution is 2.24. The molecule has 0 fully saturated rings. The van der Waals surface area contributed by atoms with Crippen LogP contribution in [-0.2, 0) is 14.3 Å². The molecule has 1 heterocycles. The monoisotopic (exact) mass is 265 g/mol. The van der Waals surface area contributed by atoms with Crippen LogP contribution in [0.1, 0.15) is 37.1 Å². The highest BCUT2D eigenvalue weighted by molar-refractivity contribution is 7.86. The summed E-state index contributed by atoms with van der Waals surface area (Å²) in [6, 6.07) is 2.56. The molecule has 0 bridgehead atoms. The van der Waals surface area contributed by atoms with Gasteiger partial charge >= 0.3 is 0 Å². The Hall–Kier alpha value is -1.08. The molecule has 4 nitrogen and oxygen atoms in total. The van der Waals surface area contributed by atoms with Crippen LogP contribution in [-0.4, -0.2) is 19.7 Å². The summed E-state index contributed by atoms with van der Waals surface area (Å²) in [5.74, 6) is 0. The quantitative estimate of drug-likeness (QED) is 0.767. The van der Waals surface area contributed by atoms with Gasteiger partial charge in [0.25, 0.3) is 16.5 Å². The van der Waals surface area contributed by atoms with Gasteiger partial charge in [0.05, 0.1) is 6.26 Å². The van der Waals surface area contributed by atoms with Gasteiger partial charge in [0.15, 0.2) is 0 Å². The molecule has 17 heavy (non-hydrogen) atoms. The van der Waals surface area contributed by atoms with Crippen LogP contribution in [0.5, 0.6) is 0 Å². The molecule has 0 radical (unpaired) electrons. The first-order valence-electron chi connectivity index (χ1n) is 4.95. The maximum absolute atomic E-state index is 12.3. The van der Waals surface area contributed by atoms with Crippen molar-refractivity contribution in [2.24, 2.45) is 0 Å². The number of hydrogen-bond acceptors (Lipinski definition) is 4. The Morgan fingerprint density at radius 3 is 2.41 bits per heavy atom. The largest absolute Gasteiger partial charge is 0.280 e. The average molecular weight is 265 g/mol. The molecule has 0 aliphatic carbocycles. The minimum atomic E-state index is -3.59. The van der Waals surface area contributed by atoms with Gasteiger partial charge in [-0.25, -0.2) is 8.78 Å². The molecule has 96 valence electrons. The van der Waals surface area contributed by atoms with Gasteiger partial charge in [0.2, 0.25) is 0 Å². The van der Waals surface area contributed by atoms with E-state index in [0.29, 0.717) is 12.0 Å². The van der Waals surface area contributed by atoms with Crippen LogP contribution >= 0.6 is 0 Å². The molecule has 0 amide bonds. The zero-order valence-electron chi connectivity index (χ0n) is 9.43. The maximum atomic E-state index is 12.3. The van der Waals surface area contributed by atoms with Crippen molar-refractivity contribution in [1.82, 2.24) is 4.98 Å². The van der Waals surface area contributed by atoms with Gasteiger partial charge in [-0.05, 0) is 12.5 Å². The first-order valence-corrected chi connectivity index (χ1v) is 6.77. The molecule has 0 saturated heterocycles. The molecule has 0 aromatic carbocycles. The van der Waals surface area contributed by atoms with E-state index in [9.17, 15) is 17.2 Å². The van der Waals surface area contributed by atoms with Crippen molar-refractivity contribution in [3.05, 3.63) is 29.6 Å². The lowest BCUT2D eigenvalue weighted by atomic mass is 10.1. The SMILES string of the molecule is CC[C@H](OS(C)(=O)=O)c1ccc(C(F)F)nc1. The second-order valence-corrected chi connectivity index (χ2v) is 5.12. The Morgan fingerprint density at radius 2 is 2.06 bits per heavy atom. The lowest BCUT2D eigenvalue weighted by molar-refractivity contribution is 0.145. The molecule has 1 atom stereocenters. The van der Waals surface area contributed by atoms with Gasteiger partial charge in [0, 0.05) is 11.8 Å². The minimum Gasteiger partial charge on any atom is -0.262 e. The predicted octanol–water partition coefficient (Wildman–Crippen LogP) is 2.45. The summed E-state index contributed by atoms with van der Waals surface area (Å²) in [4.78, 5) is 3.55. The van der Waals surface area contributed by atoms with E-state index >= 15 is 0 Å². The predicted molar refractivity (Wildman–Crippen MR) is 58.2 cm³/mol. The summed E-state index contributed by atoms with van der Waals surface area (Å²) in [7, 11) is -3.59. The number of rotatable bonds is 5. The second kappa shape index (κ2) is 5.50. The lowest BCUT2D eigenvalue weighted by Crippen LogP contribution is -2.10. The van der Waals surface area contributed by atoms with Gasteiger partial charge in [-0.2, -0.15) is 8.42 Å². The number of pyridine rings is 1. The molecule has 1 aromatic rings. The first-order chi connectivity index (χ1) is 7.83. The zero-order valence-corrected chi connectivity index (χ0v) is 10.2. The normalized spacial score (nSPS) is 13.9. The van der Waals surface area contributed by atoms with Gasteiger partial charge in [-0.3, -0.25) is 9.17 Å². The highest BCUT2D eigenvalue weighted by atomic mass is 32.2. The van der Waals surface area contributed by atoms with E-state index in [1.807, 2.05) is 0 Å². The van der Waals surface area contributed by atoms with Crippen LogP contribution in [0.4, 0.5) is 8.78 Å². The third kappa shape index (κ3) is 4.35. The Morgan fingerprint density at radius 1 is 1.41 bits per heavy atom. The second-order valence-electron chi connectivity index (χ2n) is 3.51. The molecule has 0 saturated carbocycles. The fourth-order valence-electron chi connectivity index (χ4n) is 1.31. The highest BCUT2D eigenvalue weighted by Gasteiger charge is 2.17. The van der Waals surface area contributed by atoms with Crippen molar-refractivity contribution < 1.29 is 21.4 Å². The Bertz CT molecular complexity index is 459. The number of nitrogens with zero attached hydrogens (tertiary/aromatic N) is 1. The molecular weight excluding hydrogens is 252 g/mol. The Balaban J connectivity index is 2.90. The molecule has 1 rings (SSSR count). The molecule has 7 heteroatoms. The molecule has 0 aliphatic heterocycles. The van der Waals surface area contributed by atoms with Crippen molar-refractivity contribution in [2.45, 2.75) is 25.9 Å². The number of hydrogen-bond donors (Lipinski definition) is 0. The molecule has 1 aromatic heterocycles. The number of halogens is 2. The average Bonchev–Trinajstić information content (AvgIpc) is 2.25. The summed E-state index contributed by atoms with van der Waals surface area (Å²) < 4.78 is 51.3. The number of alkyl halides is 2. The summed E-state index contributed by atoms with van der Waals surface area (Å²) in [6.07, 6.45) is -0.774. The van der Waals surface area contributed by atoms with E-state index < -0.39 is 22.6 Å². The minimum absolute atomic E-state index is 0.344. The number of aromatic nitrogens is 1. The fourth-order valence-corrected chi connectivity index (χ4v) is 1.98. The fraction of sp³-hybridized carbons (Fsp3) is 0.500. The van der Waals surface area contributed by atoms with Crippen LogP contribution in [0, 0.1) is 0 Å². The lowest BCUT2D eigenvalue weighted by Gasteiger charge is -2.14. The van der Waals surface area contributed by atoms with E-state index in [1.165, 1.54) is 12.3 Å². The third-order valence-corrected chi connectivity index (χ3v) is 2.65. The van der Waals surface area contributed by atoms with Crippen LogP contribution in [0.3, 0.4) is 0 Å². The van der Waals surface area contributed by atoms with Crippen LogP contribution in [0.2, 0.25) is 0 Å². The summed E-state index contributed by atoms with van der Waals surface area (Å²) >= 11 is 0. The van der Waals surface area contributed by atoms with Crippen molar-refractivity contribution >= 4 is 10.1 Å². The molecule has 0 unspecified atom stereocenters. The van der Waals surface area contributed by atoms with Gasteiger partial charge in [0.1, 0.15) is 11.8 Å². The standard InChI is InChI=1S/C10H13F2NO3S/c1-3-9(16-17(2,14)15)7-4-5-8(10(11)12)13-6-7/h4-6,9-10H,3H2,1-2H3/t9-/m0/s1. The topological polar surface area (TPSA) is 56.3 Å².